The summed E-state index contributed by atoms with van der Waals surface area (Å²) < 4.78 is 2.69. The smallest absolute Gasteiger partial charge is 0.0965 e. The zero-order valence-electron chi connectivity index (χ0n) is 7.29. The molecule has 0 aliphatic carbocycles. The minimum absolute atomic E-state index is 0.415. The SMILES string of the molecule is CCC(O)c1c(Br)cnn1CC. The molecule has 1 N–H and O–H groups in total. The van der Waals surface area contributed by atoms with Crippen molar-refractivity contribution in [2.45, 2.75) is 32.9 Å². The Bertz CT molecular complexity index is 260. The number of aryl methyl sites for hydroxylation is 1. The molecular weight excluding hydrogens is 220 g/mol. The highest BCUT2D eigenvalue weighted by Gasteiger charge is 2.14. The third kappa shape index (κ3) is 1.69. The van der Waals surface area contributed by atoms with Crippen molar-refractivity contribution in [2.24, 2.45) is 0 Å². The monoisotopic (exact) mass is 232 g/mol. The van der Waals surface area contributed by atoms with Crippen LogP contribution in [0.2, 0.25) is 0 Å². The van der Waals surface area contributed by atoms with Gasteiger partial charge in [-0.2, -0.15) is 5.10 Å². The Labute approximate surface area is 80.5 Å². The van der Waals surface area contributed by atoms with E-state index in [1.165, 1.54) is 0 Å². The van der Waals surface area contributed by atoms with Gasteiger partial charge in [0.2, 0.25) is 0 Å². The van der Waals surface area contributed by atoms with Crippen molar-refractivity contribution in [1.82, 2.24) is 9.78 Å². The molecular formula is C8H13BrN2O. The summed E-state index contributed by atoms with van der Waals surface area (Å²) in [5.74, 6) is 0. The number of nitrogens with zero attached hydrogens (tertiary/aromatic N) is 2. The Kier molecular flexibility index (Phi) is 3.29. The summed E-state index contributed by atoms with van der Waals surface area (Å²) in [4.78, 5) is 0. The lowest BCUT2D eigenvalue weighted by atomic mass is 10.2. The van der Waals surface area contributed by atoms with Gasteiger partial charge in [0, 0.05) is 6.54 Å². The fraction of sp³-hybridized carbons (Fsp3) is 0.625. The minimum atomic E-state index is -0.415. The van der Waals surface area contributed by atoms with Gasteiger partial charge in [-0.1, -0.05) is 6.92 Å². The van der Waals surface area contributed by atoms with Gasteiger partial charge >= 0.3 is 0 Å². The maximum atomic E-state index is 9.62. The quantitative estimate of drug-likeness (QED) is 0.868. The van der Waals surface area contributed by atoms with Crippen molar-refractivity contribution >= 4 is 15.9 Å². The van der Waals surface area contributed by atoms with E-state index in [2.05, 4.69) is 21.0 Å². The number of halogens is 1. The zero-order valence-corrected chi connectivity index (χ0v) is 8.87. The molecule has 0 saturated carbocycles. The second kappa shape index (κ2) is 4.05. The van der Waals surface area contributed by atoms with Crippen LogP contribution in [0.1, 0.15) is 32.1 Å². The summed E-state index contributed by atoms with van der Waals surface area (Å²) in [5.41, 5.74) is 0.875. The highest BCUT2D eigenvalue weighted by Crippen LogP contribution is 2.24. The van der Waals surface area contributed by atoms with Crippen LogP contribution in [0.25, 0.3) is 0 Å². The highest BCUT2D eigenvalue weighted by atomic mass is 79.9. The van der Waals surface area contributed by atoms with Crippen molar-refractivity contribution in [3.63, 3.8) is 0 Å². The molecule has 1 atom stereocenters. The number of hydrogen-bond acceptors (Lipinski definition) is 2. The lowest BCUT2D eigenvalue weighted by Gasteiger charge is -2.10. The summed E-state index contributed by atoms with van der Waals surface area (Å²) in [5, 5.41) is 13.7. The molecule has 0 radical (unpaired) electrons. The molecule has 0 spiro atoms. The van der Waals surface area contributed by atoms with Gasteiger partial charge in [-0.15, -0.1) is 0 Å². The number of aliphatic hydroxyl groups excluding tert-OH is 1. The van der Waals surface area contributed by atoms with Gasteiger partial charge in [-0.05, 0) is 29.3 Å². The van der Waals surface area contributed by atoms with Crippen LogP contribution in [0.5, 0.6) is 0 Å². The van der Waals surface area contributed by atoms with E-state index in [9.17, 15) is 5.11 Å². The first-order valence-corrected chi connectivity index (χ1v) is 4.89. The second-order valence-corrected chi connectivity index (χ2v) is 3.47. The lowest BCUT2D eigenvalue weighted by Crippen LogP contribution is -2.07. The summed E-state index contributed by atoms with van der Waals surface area (Å²) in [6.07, 6.45) is 2.02. The maximum Gasteiger partial charge on any atom is 0.0965 e. The normalized spacial score (nSPS) is 13.3. The molecule has 1 aromatic rings. The average Bonchev–Trinajstić information content (AvgIpc) is 2.45. The fourth-order valence-electron chi connectivity index (χ4n) is 1.15. The molecule has 1 rings (SSSR count). The van der Waals surface area contributed by atoms with E-state index in [0.29, 0.717) is 6.42 Å². The summed E-state index contributed by atoms with van der Waals surface area (Å²) in [7, 11) is 0. The third-order valence-electron chi connectivity index (χ3n) is 1.84. The van der Waals surface area contributed by atoms with E-state index in [-0.39, 0.29) is 0 Å². The second-order valence-electron chi connectivity index (χ2n) is 2.62. The molecule has 1 unspecified atom stereocenters. The number of aromatic nitrogens is 2. The lowest BCUT2D eigenvalue weighted by molar-refractivity contribution is 0.161. The summed E-state index contributed by atoms with van der Waals surface area (Å²) in [6, 6.07) is 0. The van der Waals surface area contributed by atoms with Gasteiger partial charge in [0.05, 0.1) is 22.5 Å². The molecule has 3 nitrogen and oxygen atoms in total. The van der Waals surface area contributed by atoms with Crippen LogP contribution in [-0.4, -0.2) is 14.9 Å². The summed E-state index contributed by atoms with van der Waals surface area (Å²) >= 11 is 3.36. The number of hydrogen-bond donors (Lipinski definition) is 1. The molecule has 1 heterocycles. The number of aliphatic hydroxyl groups is 1. The van der Waals surface area contributed by atoms with E-state index in [1.807, 2.05) is 13.8 Å². The van der Waals surface area contributed by atoms with Crippen molar-refractivity contribution in [3.05, 3.63) is 16.4 Å². The largest absolute Gasteiger partial charge is 0.387 e. The molecule has 1 aromatic heterocycles. The van der Waals surface area contributed by atoms with Gasteiger partial charge in [0.15, 0.2) is 0 Å². The predicted molar refractivity (Wildman–Crippen MR) is 50.9 cm³/mol. The van der Waals surface area contributed by atoms with E-state index >= 15 is 0 Å². The topological polar surface area (TPSA) is 38.1 Å². The van der Waals surface area contributed by atoms with Crippen LogP contribution in [-0.2, 0) is 6.54 Å². The molecule has 0 aromatic carbocycles. The number of rotatable bonds is 3. The van der Waals surface area contributed by atoms with Crippen LogP contribution in [0.3, 0.4) is 0 Å². The molecule has 4 heteroatoms. The van der Waals surface area contributed by atoms with E-state index < -0.39 is 6.10 Å². The van der Waals surface area contributed by atoms with E-state index in [1.54, 1.807) is 10.9 Å². The van der Waals surface area contributed by atoms with Gasteiger partial charge in [-0.3, -0.25) is 4.68 Å². The van der Waals surface area contributed by atoms with Gasteiger partial charge in [0.25, 0.3) is 0 Å². The highest BCUT2D eigenvalue weighted by molar-refractivity contribution is 9.10. The first-order valence-electron chi connectivity index (χ1n) is 4.10. The molecule has 0 fully saturated rings. The van der Waals surface area contributed by atoms with Gasteiger partial charge < -0.3 is 5.11 Å². The van der Waals surface area contributed by atoms with Crippen LogP contribution in [0.4, 0.5) is 0 Å². The Hall–Kier alpha value is -0.350. The van der Waals surface area contributed by atoms with Crippen LogP contribution in [0.15, 0.2) is 10.7 Å². The Morgan fingerprint density at radius 2 is 2.33 bits per heavy atom. The van der Waals surface area contributed by atoms with Crippen molar-refractivity contribution in [1.29, 1.82) is 0 Å². The first kappa shape index (κ1) is 9.74. The summed E-state index contributed by atoms with van der Waals surface area (Å²) in [6.45, 7) is 4.74. The van der Waals surface area contributed by atoms with Crippen LogP contribution >= 0.6 is 15.9 Å². The van der Waals surface area contributed by atoms with Gasteiger partial charge in [0.1, 0.15) is 0 Å². The molecule has 12 heavy (non-hydrogen) atoms. The Morgan fingerprint density at radius 3 is 2.83 bits per heavy atom. The van der Waals surface area contributed by atoms with Crippen molar-refractivity contribution in [3.8, 4) is 0 Å². The molecule has 0 aliphatic rings. The maximum absolute atomic E-state index is 9.62. The zero-order chi connectivity index (χ0) is 9.14. The standard InChI is InChI=1S/C8H13BrN2O/c1-3-7(12)8-6(9)5-10-11(8)4-2/h5,7,12H,3-4H2,1-2H3. The van der Waals surface area contributed by atoms with Crippen LogP contribution < -0.4 is 0 Å². The molecule has 0 aliphatic heterocycles. The van der Waals surface area contributed by atoms with E-state index in [4.69, 9.17) is 0 Å². The fourth-order valence-corrected chi connectivity index (χ4v) is 1.71. The van der Waals surface area contributed by atoms with Gasteiger partial charge in [-0.25, -0.2) is 0 Å². The molecule has 0 amide bonds. The van der Waals surface area contributed by atoms with E-state index in [0.717, 1.165) is 16.7 Å². The Morgan fingerprint density at radius 1 is 1.67 bits per heavy atom. The molecule has 68 valence electrons. The first-order chi connectivity index (χ1) is 5.70. The predicted octanol–water partition coefficient (Wildman–Crippen LogP) is 2.11. The average molecular weight is 233 g/mol. The molecule has 0 saturated heterocycles. The Balaban J connectivity index is 3.01. The van der Waals surface area contributed by atoms with Crippen molar-refractivity contribution < 1.29 is 5.11 Å². The van der Waals surface area contributed by atoms with Crippen molar-refractivity contribution in [2.75, 3.05) is 0 Å². The third-order valence-corrected chi connectivity index (χ3v) is 2.45. The molecule has 0 bridgehead atoms. The minimum Gasteiger partial charge on any atom is -0.387 e. The van der Waals surface area contributed by atoms with Crippen LogP contribution in [0, 0.1) is 0 Å².